The van der Waals surface area contributed by atoms with Crippen LogP contribution in [0.15, 0.2) is 12.3 Å². The molecule has 1 spiro atoms. The molecule has 1 atom stereocenters. The zero-order valence-electron chi connectivity index (χ0n) is 17.5. The highest BCUT2D eigenvalue weighted by molar-refractivity contribution is 6.05. The minimum absolute atomic E-state index is 0.111. The van der Waals surface area contributed by atoms with Crippen LogP contribution < -0.4 is 14.7 Å². The molecule has 0 bridgehead atoms. The van der Waals surface area contributed by atoms with Crippen LogP contribution in [0.1, 0.15) is 46.0 Å². The van der Waals surface area contributed by atoms with Gasteiger partial charge in [0.2, 0.25) is 0 Å². The number of aromatic nitrogens is 1. The molecule has 6 heteroatoms. The molecule has 0 radical (unpaired) electrons. The molecular formula is C22H33N5O. The highest BCUT2D eigenvalue weighted by Gasteiger charge is 2.43. The van der Waals surface area contributed by atoms with E-state index in [0.29, 0.717) is 11.5 Å². The summed E-state index contributed by atoms with van der Waals surface area (Å²) in [4.78, 5) is 27.0. The van der Waals surface area contributed by atoms with E-state index in [1.807, 2.05) is 18.1 Å². The van der Waals surface area contributed by atoms with Gasteiger partial charge < -0.3 is 14.7 Å². The van der Waals surface area contributed by atoms with Gasteiger partial charge in [-0.3, -0.25) is 9.69 Å². The number of nitrogens with zero attached hydrogens (tertiary/aromatic N) is 5. The molecule has 6 nitrogen and oxygen atoms in total. The van der Waals surface area contributed by atoms with Crippen molar-refractivity contribution in [3.63, 3.8) is 0 Å². The third-order valence-electron chi connectivity index (χ3n) is 7.69. The summed E-state index contributed by atoms with van der Waals surface area (Å²) in [5.74, 6) is 1.18. The lowest BCUT2D eigenvalue weighted by molar-refractivity contribution is -0.121. The predicted octanol–water partition coefficient (Wildman–Crippen LogP) is 2.73. The fourth-order valence-electron chi connectivity index (χ4n) is 5.85. The summed E-state index contributed by atoms with van der Waals surface area (Å²) in [7, 11) is 1.92. The van der Waals surface area contributed by atoms with E-state index in [-0.39, 0.29) is 11.9 Å². The lowest BCUT2D eigenvalue weighted by atomic mass is 9.86. The Kier molecular flexibility index (Phi) is 4.30. The van der Waals surface area contributed by atoms with Crippen LogP contribution in [0.3, 0.4) is 0 Å². The first-order valence-electron chi connectivity index (χ1n) is 11.0. The standard InChI is InChI=1S/C22H33N5O/c1-16(2)25-10-11-27-19(14-25)21(28)24(3)18-12-17(13-23-20(18)27)26-9-8-22(15-26)6-4-5-7-22/h12-13,16,19H,4-11,14-15H2,1-3H3. The summed E-state index contributed by atoms with van der Waals surface area (Å²) in [5.41, 5.74) is 2.70. The van der Waals surface area contributed by atoms with Crippen molar-refractivity contribution in [1.29, 1.82) is 0 Å². The smallest absolute Gasteiger partial charge is 0.250 e. The number of carbonyl (C=O) groups is 1. The Hall–Kier alpha value is -1.82. The molecule has 4 heterocycles. The molecule has 1 amide bonds. The van der Waals surface area contributed by atoms with Gasteiger partial charge in [0.25, 0.3) is 5.91 Å². The molecule has 5 rings (SSSR count). The summed E-state index contributed by atoms with van der Waals surface area (Å²) < 4.78 is 0. The Morgan fingerprint density at radius 1 is 1.14 bits per heavy atom. The molecule has 28 heavy (non-hydrogen) atoms. The highest BCUT2D eigenvalue weighted by Crippen LogP contribution is 2.47. The van der Waals surface area contributed by atoms with Crippen LogP contribution >= 0.6 is 0 Å². The summed E-state index contributed by atoms with van der Waals surface area (Å²) >= 11 is 0. The van der Waals surface area contributed by atoms with Gasteiger partial charge in [0.05, 0.1) is 17.6 Å². The van der Waals surface area contributed by atoms with Crippen LogP contribution in [0, 0.1) is 5.41 Å². The fourth-order valence-corrected chi connectivity index (χ4v) is 5.85. The zero-order valence-corrected chi connectivity index (χ0v) is 17.5. The largest absolute Gasteiger partial charge is 0.370 e. The van der Waals surface area contributed by atoms with E-state index < -0.39 is 0 Å². The van der Waals surface area contributed by atoms with Gasteiger partial charge in [0.1, 0.15) is 6.04 Å². The maximum atomic E-state index is 13.1. The normalized spacial score (nSPS) is 27.1. The monoisotopic (exact) mass is 383 g/mol. The number of hydrogen-bond donors (Lipinski definition) is 0. The Morgan fingerprint density at radius 2 is 1.93 bits per heavy atom. The molecule has 3 fully saturated rings. The van der Waals surface area contributed by atoms with Crippen molar-refractivity contribution < 1.29 is 4.79 Å². The first-order valence-corrected chi connectivity index (χ1v) is 11.0. The molecular weight excluding hydrogens is 350 g/mol. The lowest BCUT2D eigenvalue weighted by Gasteiger charge is -2.47. The Morgan fingerprint density at radius 3 is 2.68 bits per heavy atom. The number of hydrogen-bond acceptors (Lipinski definition) is 5. The molecule has 4 aliphatic rings. The minimum atomic E-state index is -0.111. The quantitative estimate of drug-likeness (QED) is 0.786. The fraction of sp³-hybridized carbons (Fsp3) is 0.727. The second-order valence-electron chi connectivity index (χ2n) is 9.61. The van der Waals surface area contributed by atoms with Gasteiger partial charge in [-0.1, -0.05) is 12.8 Å². The third kappa shape index (κ3) is 2.79. The number of pyridine rings is 1. The van der Waals surface area contributed by atoms with E-state index >= 15 is 0 Å². The van der Waals surface area contributed by atoms with E-state index in [1.165, 1.54) is 37.8 Å². The maximum Gasteiger partial charge on any atom is 0.250 e. The van der Waals surface area contributed by atoms with E-state index in [9.17, 15) is 4.79 Å². The van der Waals surface area contributed by atoms with Crippen molar-refractivity contribution in [3.05, 3.63) is 12.3 Å². The minimum Gasteiger partial charge on any atom is -0.370 e. The van der Waals surface area contributed by atoms with Crippen LogP contribution in [-0.2, 0) is 4.79 Å². The van der Waals surface area contributed by atoms with E-state index in [1.54, 1.807) is 0 Å². The summed E-state index contributed by atoms with van der Waals surface area (Å²) in [6.45, 7) is 9.33. The van der Waals surface area contributed by atoms with Gasteiger partial charge >= 0.3 is 0 Å². The first-order chi connectivity index (χ1) is 13.5. The van der Waals surface area contributed by atoms with Crippen LogP contribution in [0.2, 0.25) is 0 Å². The number of rotatable bonds is 2. The number of carbonyl (C=O) groups excluding carboxylic acids is 1. The maximum absolute atomic E-state index is 13.1. The first kappa shape index (κ1) is 18.2. The number of anilines is 3. The summed E-state index contributed by atoms with van der Waals surface area (Å²) in [6.07, 6.45) is 8.87. The van der Waals surface area contributed by atoms with E-state index in [4.69, 9.17) is 4.98 Å². The molecule has 1 aromatic heterocycles. The zero-order chi connectivity index (χ0) is 19.5. The molecule has 1 aromatic rings. The predicted molar refractivity (Wildman–Crippen MR) is 113 cm³/mol. The van der Waals surface area contributed by atoms with Gasteiger partial charge in [0.15, 0.2) is 5.82 Å². The van der Waals surface area contributed by atoms with Gasteiger partial charge in [-0.15, -0.1) is 0 Å². The van der Waals surface area contributed by atoms with Gasteiger partial charge in [0, 0.05) is 45.8 Å². The second-order valence-corrected chi connectivity index (χ2v) is 9.61. The van der Waals surface area contributed by atoms with Crippen LogP contribution in [-0.4, -0.2) is 67.6 Å². The van der Waals surface area contributed by atoms with Crippen molar-refractivity contribution in [2.45, 2.75) is 58.0 Å². The van der Waals surface area contributed by atoms with Crippen molar-refractivity contribution in [2.75, 3.05) is 54.5 Å². The highest BCUT2D eigenvalue weighted by atomic mass is 16.2. The molecule has 3 aliphatic heterocycles. The van der Waals surface area contributed by atoms with Crippen molar-refractivity contribution in [1.82, 2.24) is 9.88 Å². The van der Waals surface area contributed by atoms with Gasteiger partial charge in [-0.05, 0) is 44.6 Å². The van der Waals surface area contributed by atoms with Crippen molar-refractivity contribution >= 4 is 23.1 Å². The second kappa shape index (κ2) is 6.61. The van der Waals surface area contributed by atoms with Crippen LogP contribution in [0.5, 0.6) is 0 Å². The van der Waals surface area contributed by atoms with Gasteiger partial charge in [-0.25, -0.2) is 4.98 Å². The van der Waals surface area contributed by atoms with Crippen LogP contribution in [0.25, 0.3) is 0 Å². The molecule has 0 aromatic carbocycles. The number of piperazine rings is 1. The third-order valence-corrected chi connectivity index (χ3v) is 7.69. The molecule has 0 N–H and O–H groups in total. The topological polar surface area (TPSA) is 42.9 Å². The Bertz CT molecular complexity index is 772. The molecule has 152 valence electrons. The van der Waals surface area contributed by atoms with E-state index in [2.05, 4.69) is 34.6 Å². The summed E-state index contributed by atoms with van der Waals surface area (Å²) in [5, 5.41) is 0. The summed E-state index contributed by atoms with van der Waals surface area (Å²) in [6, 6.07) is 2.56. The average Bonchev–Trinajstić information content (AvgIpc) is 3.35. The van der Waals surface area contributed by atoms with Crippen molar-refractivity contribution in [2.24, 2.45) is 5.41 Å². The lowest BCUT2D eigenvalue weighted by Crippen LogP contribution is -2.63. The van der Waals surface area contributed by atoms with Crippen molar-refractivity contribution in [3.8, 4) is 0 Å². The van der Waals surface area contributed by atoms with E-state index in [0.717, 1.165) is 44.2 Å². The molecule has 1 aliphatic carbocycles. The molecule has 2 saturated heterocycles. The van der Waals surface area contributed by atoms with Gasteiger partial charge in [-0.2, -0.15) is 0 Å². The Labute approximate surface area is 168 Å². The SMILES string of the molecule is CC(C)N1CCN2c3ncc(N4CCC5(CCCC5)C4)cc3N(C)C(=O)C2C1. The number of amides is 1. The van der Waals surface area contributed by atoms with Crippen LogP contribution in [0.4, 0.5) is 17.2 Å². The Balaban J connectivity index is 1.42. The average molecular weight is 384 g/mol. The number of likely N-dealkylation sites (N-methyl/N-ethyl adjacent to an activating group) is 1. The molecule has 1 unspecified atom stereocenters. The molecule has 1 saturated carbocycles. The number of fused-ring (bicyclic) bond motifs is 3.